The van der Waals surface area contributed by atoms with Gasteiger partial charge in [0.05, 0.1) is 18.7 Å². The molecule has 0 atom stereocenters. The Morgan fingerprint density at radius 1 is 1.04 bits per heavy atom. The summed E-state index contributed by atoms with van der Waals surface area (Å²) in [5.74, 6) is 1.13. The molecule has 3 aromatic rings. The van der Waals surface area contributed by atoms with E-state index in [9.17, 15) is 4.79 Å². The summed E-state index contributed by atoms with van der Waals surface area (Å²) in [6, 6.07) is 14.9. The minimum atomic E-state index is -0.0826. The zero-order valence-corrected chi connectivity index (χ0v) is 14.7. The molecular formula is C20H16ClN3O2. The lowest BCUT2D eigenvalue weighted by atomic mass is 10.0. The van der Waals surface area contributed by atoms with E-state index in [0.29, 0.717) is 41.9 Å². The van der Waals surface area contributed by atoms with Crippen molar-refractivity contribution in [2.75, 3.05) is 13.2 Å². The molecular weight excluding hydrogens is 350 g/mol. The highest BCUT2D eigenvalue weighted by molar-refractivity contribution is 6.30. The average Bonchev–Trinajstić information content (AvgIpc) is 2.82. The minimum absolute atomic E-state index is 0.0826. The van der Waals surface area contributed by atoms with Gasteiger partial charge in [-0.1, -0.05) is 29.8 Å². The monoisotopic (exact) mass is 365 g/mol. The van der Waals surface area contributed by atoms with Crippen LogP contribution in [0, 0.1) is 0 Å². The van der Waals surface area contributed by atoms with Crippen LogP contribution >= 0.6 is 11.6 Å². The number of rotatable bonds is 3. The van der Waals surface area contributed by atoms with Crippen molar-refractivity contribution < 1.29 is 9.53 Å². The fraction of sp³-hybridized carbons (Fsp3) is 0.150. The van der Waals surface area contributed by atoms with Crippen molar-refractivity contribution in [1.82, 2.24) is 14.9 Å². The van der Waals surface area contributed by atoms with Gasteiger partial charge < -0.3 is 9.64 Å². The highest BCUT2D eigenvalue weighted by Gasteiger charge is 2.24. The lowest BCUT2D eigenvalue weighted by Crippen LogP contribution is -2.32. The third-order valence-electron chi connectivity index (χ3n) is 4.25. The lowest BCUT2D eigenvalue weighted by Gasteiger charge is -2.19. The Bertz CT molecular complexity index is 930. The molecule has 0 saturated carbocycles. The average molecular weight is 366 g/mol. The van der Waals surface area contributed by atoms with Crippen LogP contribution in [0.4, 0.5) is 0 Å². The molecule has 26 heavy (non-hydrogen) atoms. The van der Waals surface area contributed by atoms with Crippen LogP contribution in [0.2, 0.25) is 5.02 Å². The van der Waals surface area contributed by atoms with Crippen molar-refractivity contribution in [3.63, 3.8) is 0 Å². The van der Waals surface area contributed by atoms with E-state index in [1.54, 1.807) is 23.4 Å². The summed E-state index contributed by atoms with van der Waals surface area (Å²) in [4.78, 5) is 23.2. The number of carbonyl (C=O) groups is 1. The van der Waals surface area contributed by atoms with E-state index in [0.717, 1.165) is 11.1 Å². The van der Waals surface area contributed by atoms with E-state index in [4.69, 9.17) is 16.3 Å². The van der Waals surface area contributed by atoms with Crippen LogP contribution in [0.25, 0.3) is 11.1 Å². The van der Waals surface area contributed by atoms with E-state index in [1.807, 2.05) is 42.5 Å². The first kappa shape index (κ1) is 16.5. The Morgan fingerprint density at radius 2 is 1.77 bits per heavy atom. The van der Waals surface area contributed by atoms with Gasteiger partial charge in [-0.05, 0) is 41.5 Å². The third kappa shape index (κ3) is 3.39. The SMILES string of the molecule is O=C1c2cc(-c3ccc(Cl)cc3)ccc2OCCN1Cc1ncccn1. The van der Waals surface area contributed by atoms with Crippen LogP contribution in [0.5, 0.6) is 5.75 Å². The normalized spacial score (nSPS) is 13.7. The Hall–Kier alpha value is -2.92. The number of hydrogen-bond donors (Lipinski definition) is 0. The molecule has 5 nitrogen and oxygen atoms in total. The molecule has 130 valence electrons. The highest BCUT2D eigenvalue weighted by atomic mass is 35.5. The second-order valence-corrected chi connectivity index (χ2v) is 6.39. The lowest BCUT2D eigenvalue weighted by molar-refractivity contribution is 0.0738. The van der Waals surface area contributed by atoms with Crippen molar-refractivity contribution in [2.45, 2.75) is 6.54 Å². The Balaban J connectivity index is 1.66. The molecule has 1 aliphatic rings. The zero-order chi connectivity index (χ0) is 17.9. The molecule has 1 aliphatic heterocycles. The summed E-state index contributed by atoms with van der Waals surface area (Å²) in [5, 5.41) is 0.678. The molecule has 0 unspecified atom stereocenters. The van der Waals surface area contributed by atoms with Crippen LogP contribution in [-0.2, 0) is 6.54 Å². The number of ether oxygens (including phenoxy) is 1. The quantitative estimate of drug-likeness (QED) is 0.707. The van der Waals surface area contributed by atoms with Crippen LogP contribution in [-0.4, -0.2) is 33.9 Å². The summed E-state index contributed by atoms with van der Waals surface area (Å²) >= 11 is 5.96. The van der Waals surface area contributed by atoms with E-state index < -0.39 is 0 Å². The molecule has 2 aromatic carbocycles. The number of amides is 1. The summed E-state index contributed by atoms with van der Waals surface area (Å²) in [6.07, 6.45) is 3.35. The van der Waals surface area contributed by atoms with Crippen LogP contribution in [0.3, 0.4) is 0 Å². The smallest absolute Gasteiger partial charge is 0.258 e. The van der Waals surface area contributed by atoms with Gasteiger partial charge in [-0.2, -0.15) is 0 Å². The van der Waals surface area contributed by atoms with E-state index >= 15 is 0 Å². The maximum atomic E-state index is 13.0. The zero-order valence-electron chi connectivity index (χ0n) is 13.9. The van der Waals surface area contributed by atoms with Crippen molar-refractivity contribution >= 4 is 17.5 Å². The molecule has 0 bridgehead atoms. The number of hydrogen-bond acceptors (Lipinski definition) is 4. The van der Waals surface area contributed by atoms with Crippen molar-refractivity contribution in [3.8, 4) is 16.9 Å². The maximum absolute atomic E-state index is 13.0. The van der Waals surface area contributed by atoms with Gasteiger partial charge >= 0.3 is 0 Å². The molecule has 2 heterocycles. The molecule has 0 spiro atoms. The molecule has 1 aromatic heterocycles. The van der Waals surface area contributed by atoms with Gasteiger partial charge in [0.15, 0.2) is 0 Å². The topological polar surface area (TPSA) is 55.3 Å². The van der Waals surface area contributed by atoms with Gasteiger partial charge in [0.2, 0.25) is 0 Å². The number of carbonyl (C=O) groups excluding carboxylic acids is 1. The fourth-order valence-electron chi connectivity index (χ4n) is 2.92. The molecule has 4 rings (SSSR count). The number of halogens is 1. The predicted octanol–water partition coefficient (Wildman–Crippen LogP) is 3.83. The molecule has 1 amide bonds. The maximum Gasteiger partial charge on any atom is 0.258 e. The van der Waals surface area contributed by atoms with Gasteiger partial charge in [-0.15, -0.1) is 0 Å². The van der Waals surface area contributed by atoms with Crippen molar-refractivity contribution in [2.24, 2.45) is 0 Å². The van der Waals surface area contributed by atoms with Gasteiger partial charge in [0.1, 0.15) is 18.2 Å². The Kier molecular flexibility index (Phi) is 4.54. The number of nitrogens with zero attached hydrogens (tertiary/aromatic N) is 3. The van der Waals surface area contributed by atoms with Crippen LogP contribution < -0.4 is 4.74 Å². The van der Waals surface area contributed by atoms with Crippen LogP contribution in [0.1, 0.15) is 16.2 Å². The first-order valence-electron chi connectivity index (χ1n) is 8.29. The van der Waals surface area contributed by atoms with E-state index in [1.165, 1.54) is 0 Å². The highest BCUT2D eigenvalue weighted by Crippen LogP contribution is 2.30. The molecule has 0 fully saturated rings. The number of aromatic nitrogens is 2. The van der Waals surface area contributed by atoms with Crippen LogP contribution in [0.15, 0.2) is 60.9 Å². The van der Waals surface area contributed by atoms with Gasteiger partial charge in [0, 0.05) is 17.4 Å². The first-order valence-corrected chi connectivity index (χ1v) is 8.66. The third-order valence-corrected chi connectivity index (χ3v) is 4.50. The fourth-order valence-corrected chi connectivity index (χ4v) is 3.04. The van der Waals surface area contributed by atoms with Gasteiger partial charge in [-0.25, -0.2) is 9.97 Å². The predicted molar refractivity (Wildman–Crippen MR) is 99.2 cm³/mol. The first-order chi connectivity index (χ1) is 12.7. The largest absolute Gasteiger partial charge is 0.491 e. The minimum Gasteiger partial charge on any atom is -0.491 e. The standard InChI is InChI=1S/C20H16ClN3O2/c21-16-5-2-14(3-6-16)15-4-7-18-17(12-15)20(25)24(10-11-26-18)13-19-22-8-1-9-23-19/h1-9,12H,10-11,13H2. The van der Waals surface area contributed by atoms with Crippen molar-refractivity contribution in [3.05, 3.63) is 77.3 Å². The number of benzene rings is 2. The van der Waals surface area contributed by atoms with Gasteiger partial charge in [0.25, 0.3) is 5.91 Å². The van der Waals surface area contributed by atoms with E-state index in [2.05, 4.69) is 9.97 Å². The molecule has 0 aliphatic carbocycles. The summed E-state index contributed by atoms with van der Waals surface area (Å²) in [5.41, 5.74) is 2.48. The summed E-state index contributed by atoms with van der Waals surface area (Å²) < 4.78 is 5.77. The molecule has 0 N–H and O–H groups in total. The molecule has 6 heteroatoms. The van der Waals surface area contributed by atoms with E-state index in [-0.39, 0.29) is 5.91 Å². The molecule has 0 saturated heterocycles. The number of fused-ring (bicyclic) bond motifs is 1. The molecule has 0 radical (unpaired) electrons. The summed E-state index contributed by atoms with van der Waals surface area (Å²) in [7, 11) is 0. The summed E-state index contributed by atoms with van der Waals surface area (Å²) in [6.45, 7) is 1.28. The Morgan fingerprint density at radius 3 is 2.54 bits per heavy atom. The van der Waals surface area contributed by atoms with Gasteiger partial charge in [-0.3, -0.25) is 4.79 Å². The Labute approximate surface area is 156 Å². The second-order valence-electron chi connectivity index (χ2n) is 5.96. The second kappa shape index (κ2) is 7.14. The van der Waals surface area contributed by atoms with Crippen molar-refractivity contribution in [1.29, 1.82) is 0 Å².